The van der Waals surface area contributed by atoms with Crippen molar-refractivity contribution in [1.29, 1.82) is 0 Å². The van der Waals surface area contributed by atoms with E-state index in [1.807, 2.05) is 0 Å². The molecule has 0 aliphatic heterocycles. The lowest BCUT2D eigenvalue weighted by Crippen LogP contribution is -2.05. The van der Waals surface area contributed by atoms with Gasteiger partial charge < -0.3 is 5.11 Å². The third kappa shape index (κ3) is 2.06. The summed E-state index contributed by atoms with van der Waals surface area (Å²) in [6, 6.07) is 0. The number of halogens is 4. The molecule has 78 valence electrons. The normalized spacial score (nSPS) is 11.0. The molecular formula is C8H7BrF3NO. The second-order valence-electron chi connectivity index (χ2n) is 2.55. The molecule has 0 amide bonds. The van der Waals surface area contributed by atoms with Crippen molar-refractivity contribution < 1.29 is 18.3 Å². The minimum Gasteiger partial charge on any atom is -0.391 e. The van der Waals surface area contributed by atoms with Crippen LogP contribution in [0.1, 0.15) is 23.2 Å². The first-order valence-corrected chi connectivity index (χ1v) is 4.85. The van der Waals surface area contributed by atoms with Crippen LogP contribution in [0.5, 0.6) is 0 Å². The van der Waals surface area contributed by atoms with Gasteiger partial charge in [0.25, 0.3) is 6.43 Å². The molecule has 0 saturated heterocycles. The van der Waals surface area contributed by atoms with Crippen LogP contribution in [-0.2, 0) is 11.9 Å². The molecule has 0 bridgehead atoms. The van der Waals surface area contributed by atoms with Crippen molar-refractivity contribution in [2.45, 2.75) is 18.4 Å². The molecule has 0 radical (unpaired) electrons. The smallest absolute Gasteiger partial charge is 0.280 e. The van der Waals surface area contributed by atoms with Gasteiger partial charge in [0.05, 0.1) is 6.61 Å². The summed E-state index contributed by atoms with van der Waals surface area (Å²) in [4.78, 5) is 3.40. The van der Waals surface area contributed by atoms with Crippen LogP contribution < -0.4 is 0 Å². The Kier molecular flexibility index (Phi) is 3.88. The van der Waals surface area contributed by atoms with Crippen molar-refractivity contribution in [3.8, 4) is 0 Å². The summed E-state index contributed by atoms with van der Waals surface area (Å²) in [5, 5.41) is 8.91. The number of hydrogen-bond donors (Lipinski definition) is 1. The Hall–Kier alpha value is -0.620. The van der Waals surface area contributed by atoms with Crippen molar-refractivity contribution in [3.05, 3.63) is 28.8 Å². The molecular weight excluding hydrogens is 263 g/mol. The lowest BCUT2D eigenvalue weighted by atomic mass is 10.1. The highest BCUT2D eigenvalue weighted by Gasteiger charge is 2.19. The fourth-order valence-electron chi connectivity index (χ4n) is 1.02. The van der Waals surface area contributed by atoms with E-state index in [0.29, 0.717) is 0 Å². The van der Waals surface area contributed by atoms with E-state index in [9.17, 15) is 13.2 Å². The van der Waals surface area contributed by atoms with E-state index < -0.39 is 30.1 Å². The lowest BCUT2D eigenvalue weighted by Gasteiger charge is -2.08. The topological polar surface area (TPSA) is 33.1 Å². The minimum atomic E-state index is -2.88. The highest BCUT2D eigenvalue weighted by molar-refractivity contribution is 9.08. The van der Waals surface area contributed by atoms with Crippen LogP contribution in [0.3, 0.4) is 0 Å². The highest BCUT2D eigenvalue weighted by Crippen LogP contribution is 2.25. The van der Waals surface area contributed by atoms with Crippen LogP contribution in [0.2, 0.25) is 0 Å². The fraction of sp³-hybridized carbons (Fsp3) is 0.375. The number of pyridine rings is 1. The Bertz CT molecular complexity index is 333. The number of aliphatic hydroxyl groups excluding tert-OH is 1. The average Bonchev–Trinajstić information content (AvgIpc) is 2.17. The second-order valence-corrected chi connectivity index (χ2v) is 3.11. The van der Waals surface area contributed by atoms with Crippen LogP contribution in [0.25, 0.3) is 0 Å². The molecule has 1 aromatic rings. The Morgan fingerprint density at radius 3 is 2.57 bits per heavy atom. The molecule has 0 aromatic carbocycles. The van der Waals surface area contributed by atoms with E-state index in [1.165, 1.54) is 0 Å². The van der Waals surface area contributed by atoms with Gasteiger partial charge >= 0.3 is 0 Å². The van der Waals surface area contributed by atoms with Crippen LogP contribution in [0.4, 0.5) is 13.2 Å². The summed E-state index contributed by atoms with van der Waals surface area (Å²) in [5.74, 6) is -0.824. The first kappa shape index (κ1) is 11.5. The maximum Gasteiger partial charge on any atom is 0.280 e. The minimum absolute atomic E-state index is 0.151. The van der Waals surface area contributed by atoms with E-state index in [0.717, 1.165) is 6.20 Å². The molecule has 1 aromatic heterocycles. The van der Waals surface area contributed by atoms with Crippen molar-refractivity contribution in [3.63, 3.8) is 0 Å². The van der Waals surface area contributed by atoms with Gasteiger partial charge in [-0.3, -0.25) is 4.98 Å². The molecule has 0 atom stereocenters. The summed E-state index contributed by atoms with van der Waals surface area (Å²) in [7, 11) is 0. The maximum absolute atomic E-state index is 13.3. The molecule has 6 heteroatoms. The Labute approximate surface area is 86.9 Å². The summed E-state index contributed by atoms with van der Waals surface area (Å²) in [6.07, 6.45) is -1.85. The maximum atomic E-state index is 13.3. The van der Waals surface area contributed by atoms with Crippen molar-refractivity contribution in [2.75, 3.05) is 0 Å². The Balaban J connectivity index is 3.28. The van der Waals surface area contributed by atoms with Gasteiger partial charge in [-0.05, 0) is 0 Å². The predicted molar refractivity (Wildman–Crippen MR) is 47.7 cm³/mol. The third-order valence-electron chi connectivity index (χ3n) is 1.72. The number of nitrogens with zero attached hydrogens (tertiary/aromatic N) is 1. The zero-order valence-electron chi connectivity index (χ0n) is 6.98. The largest absolute Gasteiger partial charge is 0.391 e. The predicted octanol–water partition coefficient (Wildman–Crippen LogP) is 2.55. The highest BCUT2D eigenvalue weighted by atomic mass is 79.9. The van der Waals surface area contributed by atoms with E-state index >= 15 is 0 Å². The van der Waals surface area contributed by atoms with Crippen molar-refractivity contribution in [1.82, 2.24) is 4.98 Å². The van der Waals surface area contributed by atoms with Gasteiger partial charge in [-0.15, -0.1) is 0 Å². The molecule has 14 heavy (non-hydrogen) atoms. The van der Waals surface area contributed by atoms with Crippen LogP contribution >= 0.6 is 15.9 Å². The summed E-state index contributed by atoms with van der Waals surface area (Å²) < 4.78 is 37.9. The van der Waals surface area contributed by atoms with Gasteiger partial charge in [-0.1, -0.05) is 15.9 Å². The standard InChI is InChI=1S/C8H7BrF3NO/c9-1-4-2-13-7(8(11)12)5(3-14)6(4)10/h2,8,14H,1,3H2. The average molecular weight is 270 g/mol. The number of alkyl halides is 3. The zero-order chi connectivity index (χ0) is 10.7. The number of aliphatic hydroxyl groups is 1. The van der Waals surface area contributed by atoms with Gasteiger partial charge in [0, 0.05) is 22.7 Å². The number of hydrogen-bond acceptors (Lipinski definition) is 2. The summed E-state index contributed by atoms with van der Waals surface area (Å²) in [6.45, 7) is -0.778. The molecule has 0 aliphatic rings. The van der Waals surface area contributed by atoms with E-state index in [-0.39, 0.29) is 10.9 Å². The lowest BCUT2D eigenvalue weighted by molar-refractivity contribution is 0.140. The van der Waals surface area contributed by atoms with Crippen LogP contribution in [0.15, 0.2) is 6.20 Å². The molecule has 0 spiro atoms. The Morgan fingerprint density at radius 2 is 2.14 bits per heavy atom. The quantitative estimate of drug-likeness (QED) is 0.856. The van der Waals surface area contributed by atoms with Gasteiger partial charge in [0.1, 0.15) is 11.5 Å². The van der Waals surface area contributed by atoms with Gasteiger partial charge in [0.2, 0.25) is 0 Å². The molecule has 0 fully saturated rings. The Morgan fingerprint density at radius 1 is 1.50 bits per heavy atom. The third-order valence-corrected chi connectivity index (χ3v) is 2.33. The SMILES string of the molecule is OCc1c(C(F)F)ncc(CBr)c1F. The molecule has 1 N–H and O–H groups in total. The van der Waals surface area contributed by atoms with E-state index in [4.69, 9.17) is 5.11 Å². The van der Waals surface area contributed by atoms with E-state index in [2.05, 4.69) is 20.9 Å². The van der Waals surface area contributed by atoms with Gasteiger partial charge in [-0.2, -0.15) is 0 Å². The van der Waals surface area contributed by atoms with Crippen LogP contribution in [-0.4, -0.2) is 10.1 Å². The molecule has 0 saturated carbocycles. The monoisotopic (exact) mass is 269 g/mol. The van der Waals surface area contributed by atoms with Crippen LogP contribution in [0, 0.1) is 5.82 Å². The fourth-order valence-corrected chi connectivity index (χ4v) is 1.41. The molecule has 0 unspecified atom stereocenters. The van der Waals surface area contributed by atoms with Gasteiger partial charge in [-0.25, -0.2) is 13.2 Å². The van der Waals surface area contributed by atoms with Gasteiger partial charge in [0.15, 0.2) is 0 Å². The first-order valence-electron chi connectivity index (χ1n) is 3.73. The van der Waals surface area contributed by atoms with Crippen molar-refractivity contribution >= 4 is 15.9 Å². The first-order chi connectivity index (χ1) is 6.61. The zero-order valence-corrected chi connectivity index (χ0v) is 8.56. The number of rotatable bonds is 3. The molecule has 1 heterocycles. The molecule has 2 nitrogen and oxygen atoms in total. The summed E-state index contributed by atoms with van der Waals surface area (Å²) in [5.41, 5.74) is -0.981. The van der Waals surface area contributed by atoms with Crippen molar-refractivity contribution in [2.24, 2.45) is 0 Å². The molecule has 1 rings (SSSR count). The van der Waals surface area contributed by atoms with E-state index in [1.54, 1.807) is 0 Å². The molecule has 0 aliphatic carbocycles. The summed E-state index contributed by atoms with van der Waals surface area (Å²) >= 11 is 2.98. The number of aromatic nitrogens is 1. The second kappa shape index (κ2) is 4.75.